The van der Waals surface area contributed by atoms with Gasteiger partial charge in [0.15, 0.2) is 11.5 Å². The molecule has 0 spiro atoms. The number of hydrogen-bond acceptors (Lipinski definition) is 6. The molecule has 2 aliphatic heterocycles. The van der Waals surface area contributed by atoms with Crippen LogP contribution in [0.5, 0.6) is 11.5 Å². The number of hydrogen-bond donors (Lipinski definition) is 0. The molecule has 8 nitrogen and oxygen atoms in total. The van der Waals surface area contributed by atoms with Crippen molar-refractivity contribution in [3.05, 3.63) is 47.9 Å². The molecule has 2 amide bonds. The van der Waals surface area contributed by atoms with Gasteiger partial charge in [0.1, 0.15) is 5.76 Å². The molecular weight excluding hydrogens is 412 g/mol. The van der Waals surface area contributed by atoms with Gasteiger partial charge in [-0.05, 0) is 42.7 Å². The van der Waals surface area contributed by atoms with Crippen LogP contribution in [0.2, 0.25) is 0 Å². The Kier molecular flexibility index (Phi) is 6.99. The summed E-state index contributed by atoms with van der Waals surface area (Å²) in [7, 11) is 0. The maximum atomic E-state index is 13.4. The van der Waals surface area contributed by atoms with Crippen molar-refractivity contribution in [3.63, 3.8) is 0 Å². The van der Waals surface area contributed by atoms with E-state index in [0.29, 0.717) is 43.5 Å². The van der Waals surface area contributed by atoms with Crippen molar-refractivity contribution >= 4 is 11.8 Å². The fraction of sp³-hybridized carbons (Fsp3) is 0.500. The highest BCUT2D eigenvalue weighted by Gasteiger charge is 2.28. The zero-order valence-electron chi connectivity index (χ0n) is 18.6. The minimum absolute atomic E-state index is 0.00212. The molecule has 0 bridgehead atoms. The van der Waals surface area contributed by atoms with Gasteiger partial charge < -0.3 is 28.4 Å². The Morgan fingerprint density at radius 2 is 1.94 bits per heavy atom. The number of furan rings is 1. The number of carbonyl (C=O) groups excluding carboxylic acids is 2. The summed E-state index contributed by atoms with van der Waals surface area (Å²) in [4.78, 5) is 29.6. The summed E-state index contributed by atoms with van der Waals surface area (Å²) in [6.45, 7) is 5.71. The van der Waals surface area contributed by atoms with Crippen LogP contribution in [0, 0.1) is 5.92 Å². The molecular formula is C24H30N2O6. The van der Waals surface area contributed by atoms with Crippen molar-refractivity contribution < 1.29 is 28.2 Å². The first-order valence-electron chi connectivity index (χ1n) is 11.1. The fourth-order valence-corrected chi connectivity index (χ4v) is 3.98. The number of nitrogens with zero attached hydrogens (tertiary/aromatic N) is 2. The predicted octanol–water partition coefficient (Wildman–Crippen LogP) is 3.20. The molecule has 172 valence electrons. The molecule has 2 aromatic rings. The summed E-state index contributed by atoms with van der Waals surface area (Å²) < 4.78 is 22.1. The third-order valence-corrected chi connectivity index (χ3v) is 5.67. The Bertz CT molecular complexity index is 921. The average Bonchev–Trinajstić information content (AvgIpc) is 3.54. The van der Waals surface area contributed by atoms with Gasteiger partial charge in [0, 0.05) is 25.6 Å². The van der Waals surface area contributed by atoms with Crippen LogP contribution < -0.4 is 9.47 Å². The summed E-state index contributed by atoms with van der Waals surface area (Å²) in [5.74, 6) is 1.66. The van der Waals surface area contributed by atoms with Crippen LogP contribution in [-0.4, -0.2) is 54.2 Å². The summed E-state index contributed by atoms with van der Waals surface area (Å²) in [6.07, 6.45) is 3.46. The van der Waals surface area contributed by atoms with E-state index in [9.17, 15) is 9.59 Å². The number of amides is 2. The zero-order chi connectivity index (χ0) is 22.5. The molecule has 8 heteroatoms. The standard InChI is InChI=1S/C24H30N2O6/c1-17(2)24(28)26(14-20-6-4-10-30-20)15-23(27)25(13-19-5-3-9-29-19)12-18-7-8-21-22(11-18)32-16-31-21/h3,5,7-9,11,17,20H,4,6,10,12-16H2,1-2H3. The molecule has 1 saturated heterocycles. The SMILES string of the molecule is CC(C)C(=O)N(CC(=O)N(Cc1ccc2c(c1)OCO2)Cc1ccco1)CC1CCCO1. The molecule has 32 heavy (non-hydrogen) atoms. The van der Waals surface area contributed by atoms with Crippen molar-refractivity contribution in [2.45, 2.75) is 45.9 Å². The van der Waals surface area contributed by atoms with E-state index < -0.39 is 0 Å². The molecule has 3 heterocycles. The predicted molar refractivity (Wildman–Crippen MR) is 116 cm³/mol. The number of carbonyl (C=O) groups is 2. The topological polar surface area (TPSA) is 81.5 Å². The first-order chi connectivity index (χ1) is 15.5. The van der Waals surface area contributed by atoms with Crippen LogP contribution in [0.3, 0.4) is 0 Å². The van der Waals surface area contributed by atoms with Gasteiger partial charge in [-0.1, -0.05) is 19.9 Å². The van der Waals surface area contributed by atoms with Gasteiger partial charge in [0.2, 0.25) is 18.6 Å². The molecule has 1 fully saturated rings. The average molecular weight is 443 g/mol. The highest BCUT2D eigenvalue weighted by molar-refractivity contribution is 5.85. The molecule has 0 N–H and O–H groups in total. The molecule has 1 aromatic carbocycles. The molecule has 0 saturated carbocycles. The Morgan fingerprint density at radius 3 is 2.66 bits per heavy atom. The van der Waals surface area contributed by atoms with Gasteiger partial charge in [-0.3, -0.25) is 9.59 Å². The van der Waals surface area contributed by atoms with Crippen LogP contribution in [0.15, 0.2) is 41.0 Å². The quantitative estimate of drug-likeness (QED) is 0.593. The number of fused-ring (bicyclic) bond motifs is 1. The van der Waals surface area contributed by atoms with Gasteiger partial charge in [0.25, 0.3) is 0 Å². The smallest absolute Gasteiger partial charge is 0.242 e. The van der Waals surface area contributed by atoms with E-state index in [4.69, 9.17) is 18.6 Å². The van der Waals surface area contributed by atoms with Crippen molar-refractivity contribution in [2.24, 2.45) is 5.92 Å². The molecule has 1 aromatic heterocycles. The van der Waals surface area contributed by atoms with E-state index >= 15 is 0 Å². The molecule has 1 atom stereocenters. The van der Waals surface area contributed by atoms with E-state index in [1.54, 1.807) is 22.1 Å². The second-order valence-electron chi connectivity index (χ2n) is 8.53. The minimum atomic E-state index is -0.198. The van der Waals surface area contributed by atoms with Gasteiger partial charge >= 0.3 is 0 Å². The lowest BCUT2D eigenvalue weighted by Gasteiger charge is -2.30. The first-order valence-corrected chi connectivity index (χ1v) is 11.1. The molecule has 0 aliphatic carbocycles. The van der Waals surface area contributed by atoms with E-state index in [2.05, 4.69) is 0 Å². The van der Waals surface area contributed by atoms with Crippen LogP contribution in [-0.2, 0) is 27.4 Å². The van der Waals surface area contributed by atoms with E-state index in [-0.39, 0.29) is 37.2 Å². The van der Waals surface area contributed by atoms with Gasteiger partial charge in [0.05, 0.1) is 25.5 Å². The van der Waals surface area contributed by atoms with Crippen molar-refractivity contribution in [1.29, 1.82) is 0 Å². The maximum Gasteiger partial charge on any atom is 0.242 e. The zero-order valence-corrected chi connectivity index (χ0v) is 18.6. The van der Waals surface area contributed by atoms with Gasteiger partial charge in [-0.25, -0.2) is 0 Å². The molecule has 4 rings (SSSR count). The summed E-state index contributed by atoms with van der Waals surface area (Å²) in [5, 5.41) is 0. The lowest BCUT2D eigenvalue weighted by Crippen LogP contribution is -2.46. The molecule has 1 unspecified atom stereocenters. The normalized spacial score (nSPS) is 17.0. The number of benzene rings is 1. The van der Waals surface area contributed by atoms with E-state index in [1.165, 1.54) is 0 Å². The third-order valence-electron chi connectivity index (χ3n) is 5.67. The minimum Gasteiger partial charge on any atom is -0.467 e. The van der Waals surface area contributed by atoms with Crippen molar-refractivity contribution in [1.82, 2.24) is 9.80 Å². The Hall–Kier alpha value is -3.00. The van der Waals surface area contributed by atoms with Crippen molar-refractivity contribution in [3.8, 4) is 11.5 Å². The monoisotopic (exact) mass is 442 g/mol. The highest BCUT2D eigenvalue weighted by Crippen LogP contribution is 2.33. The van der Waals surface area contributed by atoms with Crippen molar-refractivity contribution in [2.75, 3.05) is 26.5 Å². The largest absolute Gasteiger partial charge is 0.467 e. The first kappa shape index (κ1) is 22.2. The molecule has 2 aliphatic rings. The van der Waals surface area contributed by atoms with Crippen LogP contribution in [0.25, 0.3) is 0 Å². The summed E-state index contributed by atoms with van der Waals surface area (Å²) in [5.41, 5.74) is 0.912. The molecule has 0 radical (unpaired) electrons. The second-order valence-corrected chi connectivity index (χ2v) is 8.53. The Balaban J connectivity index is 1.50. The lowest BCUT2D eigenvalue weighted by atomic mass is 10.1. The lowest BCUT2D eigenvalue weighted by molar-refractivity contribution is -0.144. The Labute approximate surface area is 188 Å². The highest BCUT2D eigenvalue weighted by atomic mass is 16.7. The Morgan fingerprint density at radius 1 is 1.09 bits per heavy atom. The number of rotatable bonds is 9. The van der Waals surface area contributed by atoms with E-state index in [0.717, 1.165) is 18.4 Å². The van der Waals surface area contributed by atoms with Crippen LogP contribution in [0.4, 0.5) is 0 Å². The van der Waals surface area contributed by atoms with E-state index in [1.807, 2.05) is 38.1 Å². The fourth-order valence-electron chi connectivity index (χ4n) is 3.98. The van der Waals surface area contributed by atoms with Gasteiger partial charge in [-0.15, -0.1) is 0 Å². The number of ether oxygens (including phenoxy) is 3. The maximum absolute atomic E-state index is 13.4. The van der Waals surface area contributed by atoms with Crippen LogP contribution >= 0.6 is 0 Å². The third kappa shape index (κ3) is 5.43. The van der Waals surface area contributed by atoms with Gasteiger partial charge in [-0.2, -0.15) is 0 Å². The second kappa shape index (κ2) is 10.1. The summed E-state index contributed by atoms with van der Waals surface area (Å²) >= 11 is 0. The van der Waals surface area contributed by atoms with Crippen LogP contribution in [0.1, 0.15) is 38.0 Å². The summed E-state index contributed by atoms with van der Waals surface area (Å²) in [6, 6.07) is 9.28.